The van der Waals surface area contributed by atoms with E-state index in [-0.39, 0.29) is 0 Å². The van der Waals surface area contributed by atoms with Crippen LogP contribution >= 0.6 is 11.6 Å². The fraction of sp³-hybridized carbons (Fsp3) is 0.529. The largest absolute Gasteiger partial charge is 0.364 e. The highest BCUT2D eigenvalue weighted by Gasteiger charge is 2.37. The molecule has 0 saturated carbocycles. The molecule has 122 valence electrons. The zero-order chi connectivity index (χ0) is 16.1. The number of nitrogens with two attached hydrogens (primary N) is 1. The molecule has 5 nitrogen and oxygen atoms in total. The van der Waals surface area contributed by atoms with Gasteiger partial charge in [0.15, 0.2) is 5.69 Å². The van der Waals surface area contributed by atoms with Crippen LogP contribution in [0, 0.1) is 0 Å². The highest BCUT2D eigenvalue weighted by molar-refractivity contribution is 6.31. The minimum Gasteiger partial charge on any atom is -0.364 e. The van der Waals surface area contributed by atoms with Crippen molar-refractivity contribution in [3.05, 3.63) is 28.9 Å². The molecule has 2 atom stereocenters. The van der Waals surface area contributed by atoms with E-state index in [2.05, 4.69) is 17.0 Å². The molecule has 0 aliphatic carbocycles. The number of nitrogens with zero attached hydrogens (tertiary/aromatic N) is 3. The van der Waals surface area contributed by atoms with E-state index in [9.17, 15) is 4.79 Å². The van der Waals surface area contributed by atoms with Crippen LogP contribution in [0.4, 0.5) is 0 Å². The van der Waals surface area contributed by atoms with Crippen molar-refractivity contribution in [3.63, 3.8) is 0 Å². The van der Waals surface area contributed by atoms with Gasteiger partial charge in [-0.3, -0.25) is 9.48 Å². The number of aromatic nitrogens is 2. The van der Waals surface area contributed by atoms with Crippen LogP contribution in [0.3, 0.4) is 0 Å². The molecule has 2 unspecified atom stereocenters. The normalized spacial score (nSPS) is 28.2. The molecule has 1 aromatic carbocycles. The lowest BCUT2D eigenvalue weighted by atomic mass is 9.82. The fourth-order valence-electron chi connectivity index (χ4n) is 4.36. The van der Waals surface area contributed by atoms with E-state index >= 15 is 0 Å². The van der Waals surface area contributed by atoms with Gasteiger partial charge < -0.3 is 10.6 Å². The number of carbonyl (C=O) groups is 1. The van der Waals surface area contributed by atoms with Gasteiger partial charge in [-0.15, -0.1) is 0 Å². The van der Waals surface area contributed by atoms with E-state index in [4.69, 9.17) is 17.3 Å². The summed E-state index contributed by atoms with van der Waals surface area (Å²) >= 11 is 6.09. The highest BCUT2D eigenvalue weighted by atomic mass is 35.5. The molecular weight excluding hydrogens is 312 g/mol. The Morgan fingerprint density at radius 1 is 1.26 bits per heavy atom. The van der Waals surface area contributed by atoms with Gasteiger partial charge in [-0.05, 0) is 50.9 Å². The molecule has 2 aliphatic heterocycles. The van der Waals surface area contributed by atoms with E-state index in [0.717, 1.165) is 23.7 Å². The van der Waals surface area contributed by atoms with Crippen LogP contribution in [-0.2, 0) is 0 Å². The molecule has 1 amide bonds. The number of piperidine rings is 2. The Balaban J connectivity index is 1.79. The van der Waals surface area contributed by atoms with Crippen LogP contribution in [0.25, 0.3) is 10.9 Å². The summed E-state index contributed by atoms with van der Waals surface area (Å²) in [5.74, 6) is -0.496. The average Bonchev–Trinajstić information content (AvgIpc) is 2.85. The molecule has 0 spiro atoms. The lowest BCUT2D eigenvalue weighted by molar-refractivity contribution is 0.0379. The molecule has 2 fully saturated rings. The van der Waals surface area contributed by atoms with Crippen LogP contribution in [-0.4, -0.2) is 39.7 Å². The topological polar surface area (TPSA) is 64.2 Å². The van der Waals surface area contributed by atoms with Gasteiger partial charge in [0.2, 0.25) is 0 Å². The average molecular weight is 333 g/mol. The third kappa shape index (κ3) is 2.42. The van der Waals surface area contributed by atoms with Gasteiger partial charge in [-0.1, -0.05) is 18.0 Å². The van der Waals surface area contributed by atoms with Crippen molar-refractivity contribution in [2.45, 2.75) is 50.2 Å². The number of carbonyl (C=O) groups excluding carboxylic acids is 1. The van der Waals surface area contributed by atoms with E-state index in [1.807, 2.05) is 16.8 Å². The minimum absolute atomic E-state index is 0.318. The van der Waals surface area contributed by atoms with Crippen molar-refractivity contribution in [2.24, 2.45) is 5.73 Å². The van der Waals surface area contributed by atoms with Crippen molar-refractivity contribution in [3.8, 4) is 0 Å². The summed E-state index contributed by atoms with van der Waals surface area (Å²) < 4.78 is 2.02. The van der Waals surface area contributed by atoms with Crippen molar-refractivity contribution >= 4 is 28.4 Å². The number of hydrogen-bond acceptors (Lipinski definition) is 3. The van der Waals surface area contributed by atoms with Gasteiger partial charge in [-0.2, -0.15) is 5.10 Å². The molecule has 4 rings (SSSR count). The molecule has 2 bridgehead atoms. The number of amides is 1. The summed E-state index contributed by atoms with van der Waals surface area (Å²) in [4.78, 5) is 14.3. The van der Waals surface area contributed by atoms with Crippen molar-refractivity contribution in [1.82, 2.24) is 14.7 Å². The van der Waals surface area contributed by atoms with E-state index in [1.165, 1.54) is 19.3 Å². The van der Waals surface area contributed by atoms with E-state index < -0.39 is 5.91 Å². The Morgan fingerprint density at radius 3 is 2.61 bits per heavy atom. The molecule has 3 heterocycles. The number of fused-ring (bicyclic) bond motifs is 3. The second-order valence-electron chi connectivity index (χ2n) is 6.85. The predicted octanol–water partition coefficient (Wildman–Crippen LogP) is 2.98. The molecule has 2 N–H and O–H groups in total. The second-order valence-corrected chi connectivity index (χ2v) is 7.28. The standard InChI is InChI=1S/C17H21ClN4O/c1-21-11-3-2-4-12(21)9-13(8-11)22-15-6-5-10(18)7-14(15)16(20-22)17(19)23/h5-7,11-13H,2-4,8-9H2,1H3,(H2,19,23). The van der Waals surface area contributed by atoms with Gasteiger partial charge in [-0.25, -0.2) is 0 Å². The molecular formula is C17H21ClN4O. The van der Waals surface area contributed by atoms with Crippen molar-refractivity contribution in [2.75, 3.05) is 7.05 Å². The number of hydrogen-bond donors (Lipinski definition) is 1. The number of rotatable bonds is 2. The molecule has 23 heavy (non-hydrogen) atoms. The first kappa shape index (κ1) is 15.0. The first-order chi connectivity index (χ1) is 11.0. The van der Waals surface area contributed by atoms with E-state index in [0.29, 0.717) is 28.8 Å². The third-order valence-corrected chi connectivity index (χ3v) is 5.80. The third-order valence-electron chi connectivity index (χ3n) is 5.56. The highest BCUT2D eigenvalue weighted by Crippen LogP contribution is 2.39. The molecule has 2 aromatic rings. The maximum absolute atomic E-state index is 11.8. The number of primary amides is 1. The van der Waals surface area contributed by atoms with Gasteiger partial charge >= 0.3 is 0 Å². The van der Waals surface area contributed by atoms with Crippen LogP contribution in [0.1, 0.15) is 48.6 Å². The lowest BCUT2D eigenvalue weighted by Crippen LogP contribution is -2.50. The molecule has 1 aromatic heterocycles. The van der Waals surface area contributed by atoms with Crippen LogP contribution in [0.5, 0.6) is 0 Å². The minimum atomic E-state index is -0.496. The SMILES string of the molecule is CN1C2CCCC1CC(n1nc(C(N)=O)c3cc(Cl)ccc31)C2. The summed E-state index contributed by atoms with van der Waals surface area (Å²) in [6, 6.07) is 7.12. The van der Waals surface area contributed by atoms with Gasteiger partial charge in [0, 0.05) is 22.5 Å². The quantitative estimate of drug-likeness (QED) is 0.919. The Kier molecular flexibility index (Phi) is 3.58. The van der Waals surface area contributed by atoms with E-state index in [1.54, 1.807) is 6.07 Å². The Hall–Kier alpha value is -1.59. The second kappa shape index (κ2) is 5.49. The van der Waals surface area contributed by atoms with Crippen molar-refractivity contribution < 1.29 is 4.79 Å². The maximum atomic E-state index is 11.8. The fourth-order valence-corrected chi connectivity index (χ4v) is 4.53. The predicted molar refractivity (Wildman–Crippen MR) is 90.7 cm³/mol. The van der Waals surface area contributed by atoms with Crippen LogP contribution in [0.2, 0.25) is 5.02 Å². The van der Waals surface area contributed by atoms with Gasteiger partial charge in [0.1, 0.15) is 0 Å². The molecule has 0 radical (unpaired) electrons. The molecule has 2 aliphatic rings. The summed E-state index contributed by atoms with van der Waals surface area (Å²) in [7, 11) is 2.24. The smallest absolute Gasteiger partial charge is 0.269 e. The summed E-state index contributed by atoms with van der Waals surface area (Å²) in [6.07, 6.45) is 5.96. The number of halogens is 1. The monoisotopic (exact) mass is 332 g/mol. The van der Waals surface area contributed by atoms with Gasteiger partial charge in [0.05, 0.1) is 11.6 Å². The molecule has 6 heteroatoms. The van der Waals surface area contributed by atoms with Crippen molar-refractivity contribution in [1.29, 1.82) is 0 Å². The summed E-state index contributed by atoms with van der Waals surface area (Å²) in [6.45, 7) is 0. The van der Waals surface area contributed by atoms with Crippen LogP contribution < -0.4 is 5.73 Å². The lowest BCUT2D eigenvalue weighted by Gasteiger charge is -2.47. The summed E-state index contributed by atoms with van der Waals surface area (Å²) in [5.41, 5.74) is 6.80. The first-order valence-electron chi connectivity index (χ1n) is 8.24. The summed E-state index contributed by atoms with van der Waals surface area (Å²) in [5, 5.41) is 5.93. The number of benzene rings is 1. The first-order valence-corrected chi connectivity index (χ1v) is 8.62. The Bertz CT molecular complexity index is 757. The maximum Gasteiger partial charge on any atom is 0.269 e. The van der Waals surface area contributed by atoms with Crippen LogP contribution in [0.15, 0.2) is 18.2 Å². The zero-order valence-electron chi connectivity index (χ0n) is 13.2. The Labute approximate surface area is 140 Å². The molecule has 2 saturated heterocycles. The zero-order valence-corrected chi connectivity index (χ0v) is 14.0. The Morgan fingerprint density at radius 2 is 1.96 bits per heavy atom. The van der Waals surface area contributed by atoms with Gasteiger partial charge in [0.25, 0.3) is 5.91 Å².